The summed E-state index contributed by atoms with van der Waals surface area (Å²) in [7, 11) is 4.55. The number of benzene rings is 4. The zero-order valence-corrected chi connectivity index (χ0v) is 15.6. The second kappa shape index (κ2) is 6.82. The van der Waals surface area contributed by atoms with E-state index in [1.807, 2.05) is 48.5 Å². The Morgan fingerprint density at radius 1 is 0.769 bits per heavy atom. The van der Waals surface area contributed by atoms with Gasteiger partial charge >= 0.3 is 0 Å². The smallest absolute Gasteiger partial charge is 0.126 e. The van der Waals surface area contributed by atoms with Gasteiger partial charge in [-0.3, -0.25) is 0 Å². The molecule has 1 atom stereocenters. The number of fused-ring (bicyclic) bond motifs is 1. The van der Waals surface area contributed by atoms with Gasteiger partial charge in [-0.1, -0.05) is 60.7 Å². The van der Waals surface area contributed by atoms with Gasteiger partial charge in [-0.2, -0.15) is 0 Å². The normalized spacial score (nSPS) is 10.8. The van der Waals surface area contributed by atoms with Gasteiger partial charge in [0.2, 0.25) is 0 Å². The first-order valence-electron chi connectivity index (χ1n) is 8.43. The van der Waals surface area contributed by atoms with Crippen molar-refractivity contribution in [3.8, 4) is 33.8 Å². The van der Waals surface area contributed by atoms with Crippen LogP contribution in [-0.4, -0.2) is 12.2 Å². The molecule has 0 aromatic heterocycles. The minimum absolute atomic E-state index is 0.276. The van der Waals surface area contributed by atoms with Crippen molar-refractivity contribution in [1.29, 1.82) is 0 Å². The molecule has 0 aliphatic heterocycles. The summed E-state index contributed by atoms with van der Waals surface area (Å²) in [6.07, 6.45) is 0. The fourth-order valence-electron chi connectivity index (χ4n) is 3.43. The number of phenolic OH excluding ortho intramolecular Hbond substituents is 1. The van der Waals surface area contributed by atoms with Crippen LogP contribution in [0.3, 0.4) is 0 Å². The highest BCUT2D eigenvalue weighted by molar-refractivity contribution is 7.28. The second-order valence-corrected chi connectivity index (χ2v) is 6.73. The molecule has 0 saturated carbocycles. The molecule has 1 unspecified atom stereocenters. The fourth-order valence-corrected chi connectivity index (χ4v) is 3.98. The van der Waals surface area contributed by atoms with Gasteiger partial charge < -0.3 is 9.84 Å². The van der Waals surface area contributed by atoms with Crippen molar-refractivity contribution < 1.29 is 9.84 Å². The van der Waals surface area contributed by atoms with Crippen LogP contribution >= 0.6 is 9.24 Å². The summed E-state index contributed by atoms with van der Waals surface area (Å²) in [4.78, 5) is 0. The minimum atomic E-state index is 0.276. The Hall–Kier alpha value is -2.83. The number of para-hydroxylation sites is 2. The third-order valence-corrected chi connectivity index (χ3v) is 5.26. The number of methoxy groups -OCH3 is 1. The lowest BCUT2D eigenvalue weighted by Gasteiger charge is -2.18. The van der Waals surface area contributed by atoms with E-state index < -0.39 is 0 Å². The van der Waals surface area contributed by atoms with Crippen molar-refractivity contribution in [2.45, 2.75) is 0 Å². The molecule has 3 heteroatoms. The zero-order valence-electron chi connectivity index (χ0n) is 14.4. The van der Waals surface area contributed by atoms with E-state index in [-0.39, 0.29) is 5.75 Å². The Labute approximate surface area is 155 Å². The van der Waals surface area contributed by atoms with Crippen LogP contribution in [0.25, 0.3) is 33.0 Å². The molecule has 128 valence electrons. The molecule has 1 N–H and O–H groups in total. The van der Waals surface area contributed by atoms with Gasteiger partial charge in [0.1, 0.15) is 11.5 Å². The molecule has 4 aromatic carbocycles. The van der Waals surface area contributed by atoms with E-state index in [0.717, 1.165) is 44.1 Å². The maximum Gasteiger partial charge on any atom is 0.126 e. The number of aromatic hydroxyl groups is 1. The minimum Gasteiger partial charge on any atom is -0.507 e. The molecule has 4 rings (SSSR count). The topological polar surface area (TPSA) is 29.5 Å². The van der Waals surface area contributed by atoms with Gasteiger partial charge in [0.25, 0.3) is 0 Å². The molecule has 0 bridgehead atoms. The maximum absolute atomic E-state index is 10.5. The molecular weight excluding hydrogens is 339 g/mol. The predicted octanol–water partition coefficient (Wildman–Crippen LogP) is 5.39. The maximum atomic E-state index is 10.5. The van der Waals surface area contributed by atoms with Crippen molar-refractivity contribution in [3.63, 3.8) is 0 Å². The van der Waals surface area contributed by atoms with Gasteiger partial charge in [-0.05, 0) is 39.8 Å². The molecule has 0 aliphatic carbocycles. The summed E-state index contributed by atoms with van der Waals surface area (Å²) in [6, 6.07) is 25.9. The quantitative estimate of drug-likeness (QED) is 0.498. The highest BCUT2D eigenvalue weighted by Gasteiger charge is 2.17. The molecule has 0 heterocycles. The summed E-state index contributed by atoms with van der Waals surface area (Å²) in [5, 5.41) is 13.7. The Balaban J connectivity index is 2.12. The monoisotopic (exact) mass is 358 g/mol. The van der Waals surface area contributed by atoms with Crippen LogP contribution in [0.4, 0.5) is 0 Å². The lowest BCUT2D eigenvalue weighted by Crippen LogP contribution is -2.04. The first kappa shape index (κ1) is 16.6. The van der Waals surface area contributed by atoms with Crippen LogP contribution < -0.4 is 10.0 Å². The van der Waals surface area contributed by atoms with E-state index in [1.165, 1.54) is 0 Å². The van der Waals surface area contributed by atoms with Crippen LogP contribution in [0, 0.1) is 0 Å². The Morgan fingerprint density at radius 3 is 2.19 bits per heavy atom. The lowest BCUT2D eigenvalue weighted by atomic mass is 9.92. The molecule has 4 aromatic rings. The predicted molar refractivity (Wildman–Crippen MR) is 112 cm³/mol. The molecule has 26 heavy (non-hydrogen) atoms. The fraction of sp³-hybridized carbons (Fsp3) is 0.0435. The zero-order chi connectivity index (χ0) is 18.1. The van der Waals surface area contributed by atoms with E-state index in [9.17, 15) is 5.11 Å². The molecule has 0 amide bonds. The van der Waals surface area contributed by atoms with Gasteiger partial charge in [0.05, 0.1) is 7.11 Å². The Kier molecular flexibility index (Phi) is 4.36. The van der Waals surface area contributed by atoms with Crippen LogP contribution in [0.15, 0.2) is 78.9 Å². The number of phenols is 1. The van der Waals surface area contributed by atoms with E-state index in [4.69, 9.17) is 4.74 Å². The van der Waals surface area contributed by atoms with Crippen molar-refractivity contribution in [2.24, 2.45) is 0 Å². The average molecular weight is 358 g/mol. The summed E-state index contributed by atoms with van der Waals surface area (Å²) >= 11 is 0. The van der Waals surface area contributed by atoms with Crippen LogP contribution in [-0.2, 0) is 0 Å². The van der Waals surface area contributed by atoms with Crippen LogP contribution in [0.2, 0.25) is 0 Å². The standard InChI is InChI=1S/C23H19O2P/c1-25-21-13-7-5-10-17(21)19-14-15-8-2-3-9-16(15)22(23(19)26)18-11-4-6-12-20(18)24/h2-14,24H,26H2,1H3. The third kappa shape index (κ3) is 2.73. The number of hydrogen-bond acceptors (Lipinski definition) is 2. The van der Waals surface area contributed by atoms with E-state index in [0.29, 0.717) is 0 Å². The molecule has 0 fully saturated rings. The highest BCUT2D eigenvalue weighted by atomic mass is 31.0. The molecule has 2 nitrogen and oxygen atoms in total. The second-order valence-electron chi connectivity index (χ2n) is 6.15. The van der Waals surface area contributed by atoms with Gasteiger partial charge in [-0.25, -0.2) is 0 Å². The average Bonchev–Trinajstić information content (AvgIpc) is 2.68. The summed E-state index contributed by atoms with van der Waals surface area (Å²) in [5.41, 5.74) is 3.95. The van der Waals surface area contributed by atoms with Crippen LogP contribution in [0.5, 0.6) is 11.5 Å². The lowest BCUT2D eigenvalue weighted by molar-refractivity contribution is 0.416. The van der Waals surface area contributed by atoms with Crippen molar-refractivity contribution in [2.75, 3.05) is 7.11 Å². The molecule has 0 saturated heterocycles. The number of hydrogen-bond donors (Lipinski definition) is 1. The van der Waals surface area contributed by atoms with E-state index in [2.05, 4.69) is 33.5 Å². The van der Waals surface area contributed by atoms with Crippen molar-refractivity contribution >= 4 is 25.3 Å². The molecule has 0 spiro atoms. The largest absolute Gasteiger partial charge is 0.507 e. The van der Waals surface area contributed by atoms with Crippen molar-refractivity contribution in [3.05, 3.63) is 78.9 Å². The Bertz CT molecular complexity index is 1100. The van der Waals surface area contributed by atoms with E-state index >= 15 is 0 Å². The molecular formula is C23H19O2P. The van der Waals surface area contributed by atoms with Gasteiger partial charge in [0, 0.05) is 16.7 Å². The highest BCUT2D eigenvalue weighted by Crippen LogP contribution is 2.39. The first-order valence-corrected chi connectivity index (χ1v) is 9.01. The van der Waals surface area contributed by atoms with Crippen molar-refractivity contribution in [1.82, 2.24) is 0 Å². The third-order valence-electron chi connectivity index (χ3n) is 4.66. The molecule has 0 aliphatic rings. The Morgan fingerprint density at radius 2 is 1.42 bits per heavy atom. The summed E-state index contributed by atoms with van der Waals surface area (Å²) < 4.78 is 5.58. The summed E-state index contributed by atoms with van der Waals surface area (Å²) in [6.45, 7) is 0. The first-order chi connectivity index (χ1) is 12.7. The summed E-state index contributed by atoms with van der Waals surface area (Å²) in [5.74, 6) is 1.10. The number of rotatable bonds is 3. The van der Waals surface area contributed by atoms with Gasteiger partial charge in [-0.15, -0.1) is 9.24 Å². The van der Waals surface area contributed by atoms with Crippen LogP contribution in [0.1, 0.15) is 0 Å². The van der Waals surface area contributed by atoms with Gasteiger partial charge in [0.15, 0.2) is 0 Å². The SMILES string of the molecule is COc1ccccc1-c1cc2ccccc2c(-c2ccccc2O)c1P. The van der Waals surface area contributed by atoms with E-state index in [1.54, 1.807) is 13.2 Å². The number of ether oxygens (including phenoxy) is 1. The molecule has 0 radical (unpaired) electrons.